The molecular weight excluding hydrogens is 402 g/mol. The fraction of sp³-hybridized carbons (Fsp3) is 0.455. The molecule has 2 N–H and O–H groups in total. The standard InChI is InChI=1S/C22H30F2N6O/c1-3-25-22(27-15-17-7-4-5-9-19(17)31-21(23)24)28-16-18-8-6-10-26-20(18)30-13-11-29(2)12-14-30/h4-10,21H,3,11-16H2,1-2H3,(H2,25,27,28). The van der Waals surface area contributed by atoms with E-state index < -0.39 is 6.61 Å². The zero-order valence-corrected chi connectivity index (χ0v) is 18.0. The molecule has 7 nitrogen and oxygen atoms in total. The number of likely N-dealkylation sites (N-methyl/N-ethyl adjacent to an activating group) is 1. The monoisotopic (exact) mass is 432 g/mol. The van der Waals surface area contributed by atoms with E-state index in [-0.39, 0.29) is 12.3 Å². The van der Waals surface area contributed by atoms with Gasteiger partial charge in [-0.15, -0.1) is 0 Å². The lowest BCUT2D eigenvalue weighted by Crippen LogP contribution is -2.45. The van der Waals surface area contributed by atoms with Crippen molar-refractivity contribution < 1.29 is 13.5 Å². The van der Waals surface area contributed by atoms with Crippen LogP contribution < -0.4 is 20.3 Å². The van der Waals surface area contributed by atoms with Crippen LogP contribution in [0.1, 0.15) is 18.1 Å². The molecule has 0 aliphatic carbocycles. The molecule has 2 aromatic rings. The molecule has 31 heavy (non-hydrogen) atoms. The predicted octanol–water partition coefficient (Wildman–Crippen LogP) is 2.69. The van der Waals surface area contributed by atoms with Gasteiger partial charge in [-0.1, -0.05) is 24.3 Å². The molecule has 9 heteroatoms. The van der Waals surface area contributed by atoms with Gasteiger partial charge in [-0.25, -0.2) is 9.98 Å². The van der Waals surface area contributed by atoms with E-state index in [2.05, 4.69) is 48.3 Å². The van der Waals surface area contributed by atoms with E-state index in [1.54, 1.807) is 18.2 Å². The Bertz CT molecular complexity index is 855. The smallest absolute Gasteiger partial charge is 0.387 e. The van der Waals surface area contributed by atoms with Gasteiger partial charge in [0.2, 0.25) is 0 Å². The Morgan fingerprint density at radius 2 is 1.84 bits per heavy atom. The first-order valence-corrected chi connectivity index (χ1v) is 10.5. The lowest BCUT2D eigenvalue weighted by molar-refractivity contribution is -0.0504. The van der Waals surface area contributed by atoms with Gasteiger partial charge in [0, 0.05) is 56.6 Å². The van der Waals surface area contributed by atoms with Crippen LogP contribution in [0.15, 0.2) is 47.6 Å². The quantitative estimate of drug-likeness (QED) is 0.494. The minimum atomic E-state index is -2.87. The molecule has 0 atom stereocenters. The van der Waals surface area contributed by atoms with Crippen molar-refractivity contribution in [2.45, 2.75) is 26.6 Å². The number of pyridine rings is 1. The maximum Gasteiger partial charge on any atom is 0.387 e. The van der Waals surface area contributed by atoms with Gasteiger partial charge < -0.3 is 25.2 Å². The first-order chi connectivity index (χ1) is 15.1. The number of hydrogen-bond acceptors (Lipinski definition) is 5. The first-order valence-electron chi connectivity index (χ1n) is 10.5. The Balaban J connectivity index is 1.68. The summed E-state index contributed by atoms with van der Waals surface area (Å²) >= 11 is 0. The SMILES string of the molecule is CCNC(=NCc1ccccc1OC(F)F)NCc1cccnc1N1CCN(C)CC1. The van der Waals surface area contributed by atoms with E-state index in [4.69, 9.17) is 0 Å². The number of hydrogen-bond donors (Lipinski definition) is 2. The van der Waals surface area contributed by atoms with Crippen molar-refractivity contribution >= 4 is 11.8 Å². The van der Waals surface area contributed by atoms with Gasteiger partial charge >= 0.3 is 6.61 Å². The second-order valence-electron chi connectivity index (χ2n) is 7.31. The van der Waals surface area contributed by atoms with Crippen molar-refractivity contribution in [3.8, 4) is 5.75 Å². The maximum atomic E-state index is 12.6. The number of aliphatic imine (C=N–C) groups is 1. The number of benzene rings is 1. The fourth-order valence-electron chi connectivity index (χ4n) is 3.40. The van der Waals surface area contributed by atoms with E-state index in [0.717, 1.165) is 37.6 Å². The van der Waals surface area contributed by atoms with Crippen molar-refractivity contribution in [2.24, 2.45) is 4.99 Å². The van der Waals surface area contributed by atoms with E-state index in [9.17, 15) is 8.78 Å². The molecule has 0 amide bonds. The molecule has 168 valence electrons. The summed E-state index contributed by atoms with van der Waals surface area (Å²) in [6, 6.07) is 10.7. The average molecular weight is 433 g/mol. The maximum absolute atomic E-state index is 12.6. The summed E-state index contributed by atoms with van der Waals surface area (Å²) in [5.74, 6) is 1.72. The molecule has 1 aromatic heterocycles. The summed E-state index contributed by atoms with van der Waals surface area (Å²) in [7, 11) is 2.13. The Hall–Kier alpha value is -2.94. The number of para-hydroxylation sites is 1. The van der Waals surface area contributed by atoms with E-state index >= 15 is 0 Å². The number of alkyl halides is 2. The topological polar surface area (TPSA) is 65.0 Å². The van der Waals surface area contributed by atoms with Gasteiger partial charge in [-0.2, -0.15) is 8.78 Å². The van der Waals surface area contributed by atoms with Crippen LogP contribution in [0.2, 0.25) is 0 Å². The van der Waals surface area contributed by atoms with Gasteiger partial charge in [0.25, 0.3) is 0 Å². The highest BCUT2D eigenvalue weighted by Crippen LogP contribution is 2.21. The second-order valence-corrected chi connectivity index (χ2v) is 7.31. The number of nitrogens with one attached hydrogen (secondary N) is 2. The summed E-state index contributed by atoms with van der Waals surface area (Å²) in [6.45, 7) is 4.46. The van der Waals surface area contributed by atoms with Crippen molar-refractivity contribution in [1.29, 1.82) is 0 Å². The summed E-state index contributed by atoms with van der Waals surface area (Å²) in [5.41, 5.74) is 1.68. The second kappa shape index (κ2) is 11.5. The molecule has 3 rings (SSSR count). The number of rotatable bonds is 8. The number of ether oxygens (including phenoxy) is 1. The third kappa shape index (κ3) is 6.78. The minimum Gasteiger partial charge on any atom is -0.434 e. The molecule has 0 saturated carbocycles. The Morgan fingerprint density at radius 1 is 1.10 bits per heavy atom. The van der Waals surface area contributed by atoms with Gasteiger partial charge in [0.1, 0.15) is 11.6 Å². The van der Waals surface area contributed by atoms with Crippen LogP contribution in [0, 0.1) is 0 Å². The molecule has 0 radical (unpaired) electrons. The number of anilines is 1. The highest BCUT2D eigenvalue weighted by Gasteiger charge is 2.18. The summed E-state index contributed by atoms with van der Waals surface area (Å²) in [5, 5.41) is 6.53. The number of guanidine groups is 1. The van der Waals surface area contributed by atoms with Crippen LogP contribution in [0.4, 0.5) is 14.6 Å². The van der Waals surface area contributed by atoms with Crippen LogP contribution in [-0.4, -0.2) is 62.2 Å². The molecular formula is C22H30F2N6O. The zero-order chi connectivity index (χ0) is 22.1. The molecule has 1 aromatic carbocycles. The minimum absolute atomic E-state index is 0.140. The third-order valence-corrected chi connectivity index (χ3v) is 5.06. The molecule has 0 bridgehead atoms. The largest absolute Gasteiger partial charge is 0.434 e. The lowest BCUT2D eigenvalue weighted by Gasteiger charge is -2.34. The van der Waals surface area contributed by atoms with Crippen molar-refractivity contribution in [1.82, 2.24) is 20.5 Å². The molecule has 0 unspecified atom stereocenters. The first kappa shape index (κ1) is 22.7. The number of nitrogens with zero attached hydrogens (tertiary/aromatic N) is 4. The van der Waals surface area contributed by atoms with Gasteiger partial charge in [-0.05, 0) is 26.1 Å². The van der Waals surface area contributed by atoms with Gasteiger partial charge in [0.15, 0.2) is 5.96 Å². The summed E-state index contributed by atoms with van der Waals surface area (Å²) in [4.78, 5) is 13.8. The van der Waals surface area contributed by atoms with E-state index in [1.807, 2.05) is 19.2 Å². The Labute approximate surface area is 182 Å². The van der Waals surface area contributed by atoms with Crippen LogP contribution in [0.3, 0.4) is 0 Å². The van der Waals surface area contributed by atoms with Crippen molar-refractivity contribution in [3.63, 3.8) is 0 Å². The highest BCUT2D eigenvalue weighted by atomic mass is 19.3. The molecule has 2 heterocycles. The summed E-state index contributed by atoms with van der Waals surface area (Å²) < 4.78 is 29.9. The van der Waals surface area contributed by atoms with Crippen LogP contribution in [-0.2, 0) is 13.1 Å². The zero-order valence-electron chi connectivity index (χ0n) is 18.0. The Kier molecular flexibility index (Phi) is 8.40. The van der Waals surface area contributed by atoms with Crippen LogP contribution in [0.25, 0.3) is 0 Å². The van der Waals surface area contributed by atoms with Gasteiger partial charge in [0.05, 0.1) is 6.54 Å². The average Bonchev–Trinajstić information content (AvgIpc) is 2.77. The lowest BCUT2D eigenvalue weighted by atomic mass is 10.2. The third-order valence-electron chi connectivity index (χ3n) is 5.06. The van der Waals surface area contributed by atoms with Crippen LogP contribution >= 0.6 is 0 Å². The molecule has 0 spiro atoms. The Morgan fingerprint density at radius 3 is 2.58 bits per heavy atom. The van der Waals surface area contributed by atoms with Crippen LogP contribution in [0.5, 0.6) is 5.75 Å². The van der Waals surface area contributed by atoms with Crippen molar-refractivity contribution in [2.75, 3.05) is 44.7 Å². The van der Waals surface area contributed by atoms with E-state index in [0.29, 0.717) is 24.6 Å². The molecule has 1 aliphatic heterocycles. The highest BCUT2D eigenvalue weighted by molar-refractivity contribution is 5.80. The molecule has 1 fully saturated rings. The van der Waals surface area contributed by atoms with E-state index in [1.165, 1.54) is 6.07 Å². The molecule has 1 aliphatic rings. The predicted molar refractivity (Wildman–Crippen MR) is 119 cm³/mol. The fourth-order valence-corrected chi connectivity index (χ4v) is 3.40. The molecule has 1 saturated heterocycles. The number of piperazine rings is 1. The number of halogens is 2. The summed E-state index contributed by atoms with van der Waals surface area (Å²) in [6.07, 6.45) is 1.82. The van der Waals surface area contributed by atoms with Gasteiger partial charge in [-0.3, -0.25) is 0 Å². The normalized spacial score (nSPS) is 15.3. The number of aromatic nitrogens is 1. The van der Waals surface area contributed by atoms with Crippen molar-refractivity contribution in [3.05, 3.63) is 53.7 Å².